The number of fused-ring (bicyclic) bond motifs is 1. The van der Waals surface area contributed by atoms with Gasteiger partial charge >= 0.3 is 0 Å². The van der Waals surface area contributed by atoms with Crippen LogP contribution in [0, 0.1) is 5.92 Å². The summed E-state index contributed by atoms with van der Waals surface area (Å²) in [5.41, 5.74) is 1.81. The fourth-order valence-electron chi connectivity index (χ4n) is 5.82. The van der Waals surface area contributed by atoms with E-state index < -0.39 is 17.4 Å². The van der Waals surface area contributed by atoms with Gasteiger partial charge in [-0.2, -0.15) is 0 Å². The molecule has 1 fully saturated rings. The highest BCUT2D eigenvalue weighted by Crippen LogP contribution is 2.46. The molecule has 3 N–H and O–H groups in total. The van der Waals surface area contributed by atoms with Gasteiger partial charge in [0.15, 0.2) is 5.60 Å². The smallest absolute Gasteiger partial charge is 0.264 e. The summed E-state index contributed by atoms with van der Waals surface area (Å²) in [6, 6.07) is 22.6. The molecule has 0 unspecified atom stereocenters. The number of aliphatic hydroxyl groups excluding tert-OH is 1. The summed E-state index contributed by atoms with van der Waals surface area (Å²) in [6.45, 7) is 3.98. The molecule has 2 aliphatic rings. The molecule has 5 rings (SSSR count). The fourth-order valence-corrected chi connectivity index (χ4v) is 6.18. The van der Waals surface area contributed by atoms with Gasteiger partial charge in [0.05, 0.1) is 25.4 Å². The molecule has 0 spiro atoms. The first-order valence-electron chi connectivity index (χ1n) is 14.8. The Labute approximate surface area is 265 Å². The highest BCUT2D eigenvalue weighted by molar-refractivity contribution is 9.10. The summed E-state index contributed by atoms with van der Waals surface area (Å²) in [5, 5.41) is 24.6. The minimum Gasteiger partial charge on any atom is -0.395 e. The molecule has 2 heterocycles. The monoisotopic (exact) mass is 660 g/mol. The summed E-state index contributed by atoms with van der Waals surface area (Å²) < 4.78 is 0.732. The van der Waals surface area contributed by atoms with Crippen molar-refractivity contribution >= 4 is 45.0 Å². The number of nitrogens with zero attached hydrogens (tertiary/aromatic N) is 3. The maximum Gasteiger partial charge on any atom is 0.264 e. The molecule has 0 saturated carbocycles. The quantitative estimate of drug-likeness (QED) is 0.270. The number of benzene rings is 3. The van der Waals surface area contributed by atoms with Crippen LogP contribution in [0.25, 0.3) is 0 Å². The Hall–Kier alpha value is -3.83. The van der Waals surface area contributed by atoms with E-state index in [0.717, 1.165) is 21.3 Å². The van der Waals surface area contributed by atoms with Gasteiger partial charge in [-0.3, -0.25) is 14.4 Å². The minimum absolute atomic E-state index is 0.00568. The third kappa shape index (κ3) is 6.63. The third-order valence-corrected chi connectivity index (χ3v) is 8.69. The van der Waals surface area contributed by atoms with Crippen molar-refractivity contribution in [1.29, 1.82) is 0 Å². The number of halogens is 1. The molecule has 44 heavy (non-hydrogen) atoms. The SMILES string of the molecule is C[C@H](/C=C/CC(=O)N(CCO)Cc1ccccc1)[C@@]1(O)C(=O)N(Cc2cccc(N3CCNCC3=O)c2)c2ccc(Br)cc21. The lowest BCUT2D eigenvalue weighted by molar-refractivity contribution is -0.139. The maximum atomic E-state index is 14.0. The van der Waals surface area contributed by atoms with E-state index >= 15 is 0 Å². The highest BCUT2D eigenvalue weighted by atomic mass is 79.9. The number of anilines is 2. The van der Waals surface area contributed by atoms with Crippen molar-refractivity contribution in [2.75, 3.05) is 42.6 Å². The van der Waals surface area contributed by atoms with Gasteiger partial charge < -0.3 is 30.2 Å². The predicted octanol–water partition coefficient (Wildman–Crippen LogP) is 3.72. The van der Waals surface area contributed by atoms with E-state index in [0.29, 0.717) is 30.9 Å². The van der Waals surface area contributed by atoms with Crippen LogP contribution in [-0.4, -0.2) is 65.6 Å². The summed E-state index contributed by atoms with van der Waals surface area (Å²) in [5.74, 6) is -1.27. The average molecular weight is 662 g/mol. The summed E-state index contributed by atoms with van der Waals surface area (Å²) in [4.78, 5) is 44.4. The topological polar surface area (TPSA) is 113 Å². The zero-order chi connectivity index (χ0) is 31.3. The lowest BCUT2D eigenvalue weighted by Gasteiger charge is -2.29. The molecule has 0 radical (unpaired) electrons. The molecule has 2 aliphatic heterocycles. The highest BCUT2D eigenvalue weighted by Gasteiger charge is 2.52. The first-order valence-corrected chi connectivity index (χ1v) is 15.5. The normalized spacial score (nSPS) is 19.0. The molecule has 3 amide bonds. The lowest BCUT2D eigenvalue weighted by atomic mass is 9.83. The van der Waals surface area contributed by atoms with Crippen LogP contribution in [0.4, 0.5) is 11.4 Å². The van der Waals surface area contributed by atoms with Crippen molar-refractivity contribution < 1.29 is 24.6 Å². The van der Waals surface area contributed by atoms with Crippen LogP contribution in [0.5, 0.6) is 0 Å². The van der Waals surface area contributed by atoms with E-state index in [1.165, 1.54) is 0 Å². The Balaban J connectivity index is 1.34. The van der Waals surface area contributed by atoms with Crippen LogP contribution in [0.15, 0.2) is 89.4 Å². The van der Waals surface area contributed by atoms with Gasteiger partial charge in [-0.05, 0) is 41.5 Å². The van der Waals surface area contributed by atoms with Crippen molar-refractivity contribution in [3.05, 3.63) is 106 Å². The molecule has 10 heteroatoms. The van der Waals surface area contributed by atoms with Gasteiger partial charge in [0.1, 0.15) is 0 Å². The molecule has 3 aromatic rings. The van der Waals surface area contributed by atoms with Gasteiger partial charge in [-0.15, -0.1) is 0 Å². The second kappa shape index (κ2) is 13.9. The van der Waals surface area contributed by atoms with E-state index in [1.807, 2.05) is 66.7 Å². The van der Waals surface area contributed by atoms with Crippen molar-refractivity contribution in [3.63, 3.8) is 0 Å². The van der Waals surface area contributed by atoms with Gasteiger partial charge in [-0.25, -0.2) is 0 Å². The first-order chi connectivity index (χ1) is 21.2. The standard InChI is InChI=1S/C34H37BrN4O5/c1-24(7-5-12-31(41)37(17-18-40)22-25-8-3-2-4-9-25)34(44)29-20-27(35)13-14-30(29)39(33(34)43)23-26-10-6-11-28(19-26)38-16-15-36-21-32(38)42/h2-11,13-14,19-20,24,36,40,44H,12,15-18,21-23H2,1H3/b7-5+/t24-,34+/m1/s1. The summed E-state index contributed by atoms with van der Waals surface area (Å²) in [6.07, 6.45) is 3.45. The number of aliphatic hydroxyl groups is 2. The Morgan fingerprint density at radius 1 is 1.09 bits per heavy atom. The zero-order valence-corrected chi connectivity index (χ0v) is 26.2. The van der Waals surface area contributed by atoms with Crippen LogP contribution >= 0.6 is 15.9 Å². The average Bonchev–Trinajstić information content (AvgIpc) is 3.23. The summed E-state index contributed by atoms with van der Waals surface area (Å²) in [7, 11) is 0. The largest absolute Gasteiger partial charge is 0.395 e. The van der Waals surface area contributed by atoms with Crippen molar-refractivity contribution in [3.8, 4) is 0 Å². The fraction of sp³-hybridized carbons (Fsp3) is 0.324. The van der Waals surface area contributed by atoms with Crippen LogP contribution < -0.4 is 15.1 Å². The molecule has 2 atom stereocenters. The van der Waals surface area contributed by atoms with E-state index in [9.17, 15) is 24.6 Å². The molecule has 9 nitrogen and oxygen atoms in total. The van der Waals surface area contributed by atoms with Crippen molar-refractivity contribution in [1.82, 2.24) is 10.2 Å². The number of carbonyl (C=O) groups is 3. The third-order valence-electron chi connectivity index (χ3n) is 8.20. The Bertz CT molecular complexity index is 1550. The zero-order valence-electron chi connectivity index (χ0n) is 24.7. The predicted molar refractivity (Wildman–Crippen MR) is 173 cm³/mol. The van der Waals surface area contributed by atoms with Crippen LogP contribution in [0.1, 0.15) is 30.0 Å². The number of hydrogen-bond donors (Lipinski definition) is 3. The maximum absolute atomic E-state index is 14.0. The molecule has 3 aromatic carbocycles. The van der Waals surface area contributed by atoms with Gasteiger partial charge in [0.2, 0.25) is 11.8 Å². The number of piperazine rings is 1. The number of rotatable bonds is 11. The molecule has 1 saturated heterocycles. The number of carbonyl (C=O) groups excluding carboxylic acids is 3. The van der Waals surface area contributed by atoms with E-state index in [-0.39, 0.29) is 44.5 Å². The number of hydrogen-bond acceptors (Lipinski definition) is 6. The number of amides is 3. The molecule has 0 aromatic heterocycles. The van der Waals surface area contributed by atoms with Crippen LogP contribution in [0.3, 0.4) is 0 Å². The molecular weight excluding hydrogens is 624 g/mol. The van der Waals surface area contributed by atoms with Crippen LogP contribution in [0.2, 0.25) is 0 Å². The van der Waals surface area contributed by atoms with Crippen molar-refractivity contribution in [2.45, 2.75) is 32.0 Å². The molecular formula is C34H37BrN4O5. The van der Waals surface area contributed by atoms with E-state index in [2.05, 4.69) is 21.2 Å². The molecule has 0 aliphatic carbocycles. The van der Waals surface area contributed by atoms with E-state index in [4.69, 9.17) is 0 Å². The van der Waals surface area contributed by atoms with Gasteiger partial charge in [0, 0.05) is 54.2 Å². The second-order valence-corrected chi connectivity index (χ2v) is 12.1. The minimum atomic E-state index is -1.85. The van der Waals surface area contributed by atoms with Crippen molar-refractivity contribution in [2.24, 2.45) is 5.92 Å². The van der Waals surface area contributed by atoms with Gasteiger partial charge in [0.25, 0.3) is 5.91 Å². The Morgan fingerprint density at radius 2 is 1.86 bits per heavy atom. The molecule has 0 bridgehead atoms. The Kier molecular flexibility index (Phi) is 9.95. The number of nitrogens with one attached hydrogen (secondary N) is 1. The van der Waals surface area contributed by atoms with Gasteiger partial charge in [-0.1, -0.05) is 77.5 Å². The summed E-state index contributed by atoms with van der Waals surface area (Å²) >= 11 is 3.49. The Morgan fingerprint density at radius 3 is 2.61 bits per heavy atom. The first kappa shape index (κ1) is 31.6. The van der Waals surface area contributed by atoms with E-state index in [1.54, 1.807) is 39.8 Å². The van der Waals surface area contributed by atoms with Crippen LogP contribution in [-0.2, 0) is 33.1 Å². The lowest BCUT2D eigenvalue weighted by Crippen LogP contribution is -2.48. The molecule has 230 valence electrons. The second-order valence-electron chi connectivity index (χ2n) is 11.2.